The molecule has 6 aromatic rings. The van der Waals surface area contributed by atoms with Crippen molar-refractivity contribution in [1.82, 2.24) is 40.2 Å². The summed E-state index contributed by atoms with van der Waals surface area (Å²) >= 11 is 12.1. The van der Waals surface area contributed by atoms with Gasteiger partial charge in [0.1, 0.15) is 0 Å². The summed E-state index contributed by atoms with van der Waals surface area (Å²) in [6.45, 7) is 4.55. The molecule has 0 radical (unpaired) electrons. The zero-order valence-corrected chi connectivity index (χ0v) is 39.1. The van der Waals surface area contributed by atoms with Gasteiger partial charge in [-0.2, -0.15) is 10.2 Å². The van der Waals surface area contributed by atoms with Crippen molar-refractivity contribution in [3.05, 3.63) is 108 Å². The normalized spacial score (nSPS) is 13.3. The Morgan fingerprint density at radius 1 is 0.492 bits per heavy atom. The van der Waals surface area contributed by atoms with E-state index in [0.29, 0.717) is 62.4 Å². The van der Waals surface area contributed by atoms with Gasteiger partial charge in [0.25, 0.3) is 0 Å². The van der Waals surface area contributed by atoms with Crippen LogP contribution in [0.1, 0.15) is 25.7 Å². The number of anilines is 2. The summed E-state index contributed by atoms with van der Waals surface area (Å²) in [5.41, 5.74) is 7.63. The number of carbonyl (C=O) groups excluding carboxylic acids is 2. The van der Waals surface area contributed by atoms with Gasteiger partial charge >= 0.3 is 41.5 Å². The molecule has 2 fully saturated rings. The Labute approximate surface area is 406 Å². The summed E-state index contributed by atoms with van der Waals surface area (Å²) in [6, 6.07) is 22.9. The second-order valence-electron chi connectivity index (χ2n) is 14.6. The van der Waals surface area contributed by atoms with E-state index >= 15 is 0 Å². The van der Waals surface area contributed by atoms with Gasteiger partial charge in [0, 0.05) is 111 Å². The molecule has 2 aliphatic rings. The van der Waals surface area contributed by atoms with Gasteiger partial charge in [0.15, 0.2) is 11.6 Å². The van der Waals surface area contributed by atoms with E-state index in [0.717, 1.165) is 56.4 Å². The van der Waals surface area contributed by atoms with Crippen molar-refractivity contribution in [2.75, 3.05) is 62.2 Å². The Kier molecular flexibility index (Phi) is 19.5. The van der Waals surface area contributed by atoms with Gasteiger partial charge in [0.2, 0.25) is 11.8 Å². The number of nitrogens with zero attached hydrogens (tertiary/aromatic N) is 8. The Morgan fingerprint density at radius 3 is 1.12 bits per heavy atom. The molecule has 8 N–H and O–H groups in total. The molecule has 0 aliphatic carbocycles. The number of pyridine rings is 2. The van der Waals surface area contributed by atoms with Gasteiger partial charge < -0.3 is 40.8 Å². The largest absolute Gasteiger partial charge is 1.00 e. The molecule has 0 unspecified atom stereocenters. The summed E-state index contributed by atoms with van der Waals surface area (Å²) in [5.74, 6) is -0.538. The molecule has 2 aromatic carbocycles. The number of aromatic nitrogens is 6. The second-order valence-corrected chi connectivity index (χ2v) is 15.5. The number of benzene rings is 2. The fourth-order valence-electron chi connectivity index (χ4n) is 7.44. The molecular weight excluding hydrogens is 890 g/mol. The molecule has 0 spiro atoms. The number of nitrogens with one attached hydrogen (secondary N) is 2. The Bertz CT molecular complexity index is 2310. The topological polar surface area (TPSA) is 268 Å². The molecule has 0 bridgehead atoms. The standard InChI is InChI=1S/2C22H22ClN5O3.Na.2H2O/c2*23-17-3-1-16(2-4-17)21-20(15-7-9-24-10-8-15)22(26-25-21)28-13-11-27(12-14-28)18(29)5-6-19(30)31;;;/h2*1-4,7-10H,5-6,11-14H2,(H,25,26)(H,30,31);;2*1H2/q;;+1;;. The number of H-pyrrole nitrogens is 2. The number of carbonyl (C=O) groups is 4. The first-order valence-corrected chi connectivity index (χ1v) is 20.8. The Balaban J connectivity index is 0.000000272. The van der Waals surface area contributed by atoms with E-state index in [9.17, 15) is 19.2 Å². The molecule has 21 heteroatoms. The maximum Gasteiger partial charge on any atom is 1.00 e. The van der Waals surface area contributed by atoms with E-state index in [4.69, 9.17) is 33.4 Å². The average Bonchev–Trinajstić information content (AvgIpc) is 3.95. The Hall–Kier alpha value is -5.86. The fourth-order valence-corrected chi connectivity index (χ4v) is 7.69. The molecule has 2 amide bonds. The van der Waals surface area contributed by atoms with E-state index in [-0.39, 0.29) is 78.0 Å². The van der Waals surface area contributed by atoms with Gasteiger partial charge in [-0.3, -0.25) is 39.3 Å². The van der Waals surface area contributed by atoms with Crippen LogP contribution >= 0.6 is 23.2 Å². The van der Waals surface area contributed by atoms with Crippen LogP contribution in [0.3, 0.4) is 0 Å². The molecule has 0 saturated carbocycles. The number of aliphatic carboxylic acids is 2. The first-order valence-electron chi connectivity index (χ1n) is 20.0. The van der Waals surface area contributed by atoms with Crippen LogP contribution in [0, 0.1) is 0 Å². The number of hydrogen-bond donors (Lipinski definition) is 4. The number of carboxylic acid groups (broad SMARTS) is 2. The molecule has 4 aromatic heterocycles. The first kappa shape index (κ1) is 51.8. The van der Waals surface area contributed by atoms with Crippen LogP contribution in [-0.4, -0.2) is 137 Å². The molecule has 8 rings (SSSR count). The minimum atomic E-state index is -0.958. The van der Waals surface area contributed by atoms with Crippen molar-refractivity contribution in [2.45, 2.75) is 25.7 Å². The van der Waals surface area contributed by atoms with Gasteiger partial charge in [-0.15, -0.1) is 0 Å². The van der Waals surface area contributed by atoms with Crippen molar-refractivity contribution < 1.29 is 69.9 Å². The molecule has 65 heavy (non-hydrogen) atoms. The third-order valence-corrected chi connectivity index (χ3v) is 11.2. The maximum absolute atomic E-state index is 12.3. The number of piperazine rings is 2. The van der Waals surface area contributed by atoms with Crippen LogP contribution < -0.4 is 39.4 Å². The quantitative estimate of drug-likeness (QED) is 0.128. The molecule has 2 aliphatic heterocycles. The Morgan fingerprint density at radius 2 is 0.815 bits per heavy atom. The monoisotopic (exact) mass is 937 g/mol. The van der Waals surface area contributed by atoms with Crippen LogP contribution in [-0.2, 0) is 19.2 Å². The van der Waals surface area contributed by atoms with Crippen LogP contribution in [0.5, 0.6) is 0 Å². The summed E-state index contributed by atoms with van der Waals surface area (Å²) in [5, 5.41) is 34.5. The number of carboxylic acids is 2. The molecular formula is C44H48Cl2N10NaO8+. The van der Waals surface area contributed by atoms with Crippen molar-refractivity contribution >= 4 is 58.6 Å². The summed E-state index contributed by atoms with van der Waals surface area (Å²) in [7, 11) is 0. The SMILES string of the molecule is O.O.O=C(O)CCC(=O)N1CCN(c2n[nH]c(-c3ccc(Cl)cc3)c2-c2ccncc2)CC1.O=C(O)CCC(=O)N1CCN(c2n[nH]c(-c3ccc(Cl)cc3)c2-c2ccncc2)CC1.[Na+]. The summed E-state index contributed by atoms with van der Waals surface area (Å²) < 4.78 is 0. The van der Waals surface area contributed by atoms with E-state index in [2.05, 4.69) is 40.2 Å². The minimum Gasteiger partial charge on any atom is -0.481 e. The van der Waals surface area contributed by atoms with Gasteiger partial charge in [-0.25, -0.2) is 0 Å². The van der Waals surface area contributed by atoms with Crippen molar-refractivity contribution in [3.63, 3.8) is 0 Å². The zero-order chi connectivity index (χ0) is 43.6. The van der Waals surface area contributed by atoms with Gasteiger partial charge in [-0.05, 0) is 59.7 Å². The van der Waals surface area contributed by atoms with Crippen LogP contribution in [0.4, 0.5) is 11.6 Å². The van der Waals surface area contributed by atoms with Crippen LogP contribution in [0.15, 0.2) is 97.6 Å². The van der Waals surface area contributed by atoms with Crippen molar-refractivity contribution in [1.29, 1.82) is 0 Å². The molecule has 18 nitrogen and oxygen atoms in total. The summed E-state index contributed by atoms with van der Waals surface area (Å²) in [4.78, 5) is 62.0. The van der Waals surface area contributed by atoms with Gasteiger partial charge in [0.05, 0.1) is 35.4 Å². The molecule has 6 heterocycles. The second kappa shape index (κ2) is 24.4. The minimum absolute atomic E-state index is 0. The van der Waals surface area contributed by atoms with E-state index < -0.39 is 11.9 Å². The van der Waals surface area contributed by atoms with E-state index in [1.165, 1.54) is 0 Å². The van der Waals surface area contributed by atoms with Gasteiger partial charge in [-0.1, -0.05) is 47.5 Å². The predicted molar refractivity (Wildman–Crippen MR) is 243 cm³/mol. The molecule has 0 atom stereocenters. The van der Waals surface area contributed by atoms with E-state index in [1.54, 1.807) is 34.6 Å². The van der Waals surface area contributed by atoms with E-state index in [1.807, 2.05) is 72.8 Å². The number of amides is 2. The van der Waals surface area contributed by atoms with Crippen molar-refractivity contribution in [3.8, 4) is 44.8 Å². The summed E-state index contributed by atoms with van der Waals surface area (Å²) in [6.07, 6.45) is 6.76. The van der Waals surface area contributed by atoms with Crippen LogP contribution in [0.2, 0.25) is 10.0 Å². The third kappa shape index (κ3) is 13.1. The predicted octanol–water partition coefficient (Wildman–Crippen LogP) is 1.97. The number of hydrogen-bond acceptors (Lipinski definition) is 10. The number of aromatic amines is 2. The molecule has 336 valence electrons. The van der Waals surface area contributed by atoms with Crippen molar-refractivity contribution in [2.24, 2.45) is 0 Å². The van der Waals surface area contributed by atoms with Crippen LogP contribution in [0.25, 0.3) is 44.8 Å². The first-order chi connectivity index (χ1) is 30.0. The average molecular weight is 939 g/mol. The number of halogens is 2. The zero-order valence-electron chi connectivity index (χ0n) is 35.6. The number of rotatable bonds is 12. The smallest absolute Gasteiger partial charge is 0.481 e. The third-order valence-electron chi connectivity index (χ3n) is 10.7. The maximum atomic E-state index is 12.3. The fraction of sp³-hybridized carbons (Fsp3) is 0.273. The molecule has 2 saturated heterocycles.